The molecule has 1 aromatic carbocycles. The maximum atomic E-state index is 10.3. The van der Waals surface area contributed by atoms with Gasteiger partial charge in [0.05, 0.1) is 6.20 Å². The van der Waals surface area contributed by atoms with Crippen molar-refractivity contribution in [2.45, 2.75) is 0 Å². The van der Waals surface area contributed by atoms with Crippen LogP contribution in [0.3, 0.4) is 0 Å². The van der Waals surface area contributed by atoms with Crippen molar-refractivity contribution in [3.05, 3.63) is 36.5 Å². The molecule has 64 valence electrons. The number of carbonyl (C=O) groups is 1. The second kappa shape index (κ2) is 3.18. The summed E-state index contributed by atoms with van der Waals surface area (Å²) in [7, 11) is 0. The quantitative estimate of drug-likeness (QED) is 0.636. The lowest BCUT2D eigenvalue weighted by Gasteiger charge is -1.91. The second-order valence-electron chi connectivity index (χ2n) is 2.56. The lowest BCUT2D eigenvalue weighted by Crippen LogP contribution is -1.93. The van der Waals surface area contributed by atoms with Gasteiger partial charge in [0, 0.05) is 5.56 Å². The Hall–Kier alpha value is -1.97. The normalized spacial score (nSPS) is 9.85. The molecule has 4 heteroatoms. The Labute approximate surface area is 74.8 Å². The first-order valence-corrected chi connectivity index (χ1v) is 3.83. The molecule has 0 N–H and O–H groups in total. The predicted molar refractivity (Wildman–Crippen MR) is 47.6 cm³/mol. The number of carbonyl (C=O) groups excluding carboxylic acids is 1. The molecular weight excluding hydrogens is 166 g/mol. The van der Waals surface area contributed by atoms with Crippen LogP contribution in [0.25, 0.3) is 11.3 Å². The molecule has 0 aliphatic carbocycles. The van der Waals surface area contributed by atoms with Crippen molar-refractivity contribution in [1.82, 2.24) is 15.0 Å². The number of hydrogen-bond donors (Lipinski definition) is 0. The monoisotopic (exact) mass is 173 g/mol. The Morgan fingerprint density at radius 3 is 2.62 bits per heavy atom. The van der Waals surface area contributed by atoms with Crippen LogP contribution in [-0.2, 0) is 4.79 Å². The molecule has 2 aromatic rings. The third-order valence-corrected chi connectivity index (χ3v) is 1.69. The molecule has 0 bridgehead atoms. The first-order valence-electron chi connectivity index (χ1n) is 3.83. The summed E-state index contributed by atoms with van der Waals surface area (Å²) in [6.07, 6.45) is 2.20. The summed E-state index contributed by atoms with van der Waals surface area (Å²) >= 11 is 0. The minimum absolute atomic E-state index is 0.611. The number of aromatic nitrogens is 3. The fraction of sp³-hybridized carbons (Fsp3) is 0. The molecule has 13 heavy (non-hydrogen) atoms. The van der Waals surface area contributed by atoms with Crippen molar-refractivity contribution in [3.8, 4) is 11.3 Å². The Balaban J connectivity index is 2.41. The summed E-state index contributed by atoms with van der Waals surface area (Å²) in [6.45, 7) is 0. The third kappa shape index (κ3) is 1.46. The van der Waals surface area contributed by atoms with E-state index in [0.29, 0.717) is 12.1 Å². The van der Waals surface area contributed by atoms with Crippen molar-refractivity contribution in [1.29, 1.82) is 0 Å². The Bertz CT molecular complexity index is 408. The molecule has 4 nitrogen and oxygen atoms in total. The average molecular weight is 173 g/mol. The number of hydrogen-bond acceptors (Lipinski definition) is 3. The van der Waals surface area contributed by atoms with Gasteiger partial charge in [-0.2, -0.15) is 4.68 Å². The zero-order valence-corrected chi connectivity index (χ0v) is 6.79. The van der Waals surface area contributed by atoms with Crippen LogP contribution in [0.2, 0.25) is 0 Å². The van der Waals surface area contributed by atoms with Gasteiger partial charge >= 0.3 is 0 Å². The average Bonchev–Trinajstić information content (AvgIpc) is 2.67. The molecule has 1 aromatic heterocycles. The first kappa shape index (κ1) is 7.67. The molecule has 0 unspecified atom stereocenters. The summed E-state index contributed by atoms with van der Waals surface area (Å²) in [5.41, 5.74) is 1.66. The smallest absolute Gasteiger partial charge is 0.235 e. The molecule has 0 fully saturated rings. The summed E-state index contributed by atoms with van der Waals surface area (Å²) < 4.78 is 1.14. The van der Waals surface area contributed by atoms with Gasteiger partial charge in [0.2, 0.25) is 6.41 Å². The lowest BCUT2D eigenvalue weighted by molar-refractivity contribution is 0.538. The molecule has 0 aliphatic rings. The molecule has 2 rings (SSSR count). The summed E-state index contributed by atoms with van der Waals surface area (Å²) in [4.78, 5) is 10.3. The highest BCUT2D eigenvalue weighted by Crippen LogP contribution is 2.13. The molecular formula is C9H7N3O. The number of benzene rings is 1. The van der Waals surface area contributed by atoms with E-state index in [2.05, 4.69) is 10.3 Å². The van der Waals surface area contributed by atoms with Gasteiger partial charge in [-0.05, 0) is 0 Å². The van der Waals surface area contributed by atoms with Crippen LogP contribution >= 0.6 is 0 Å². The van der Waals surface area contributed by atoms with E-state index in [-0.39, 0.29) is 0 Å². The maximum absolute atomic E-state index is 10.3. The van der Waals surface area contributed by atoms with Gasteiger partial charge in [-0.1, -0.05) is 35.5 Å². The first-order chi connectivity index (χ1) is 6.40. The van der Waals surface area contributed by atoms with Crippen molar-refractivity contribution in [3.63, 3.8) is 0 Å². The van der Waals surface area contributed by atoms with E-state index in [1.807, 2.05) is 30.3 Å². The Kier molecular flexibility index (Phi) is 1.88. The standard InChI is InChI=1S/C9H7N3O/c13-7-12-6-9(10-11-12)8-4-2-1-3-5-8/h1-7H. The Morgan fingerprint density at radius 2 is 2.00 bits per heavy atom. The zero-order valence-electron chi connectivity index (χ0n) is 6.79. The van der Waals surface area contributed by atoms with Gasteiger partial charge < -0.3 is 0 Å². The van der Waals surface area contributed by atoms with E-state index < -0.39 is 0 Å². The van der Waals surface area contributed by atoms with E-state index in [9.17, 15) is 4.79 Å². The summed E-state index contributed by atoms with van der Waals surface area (Å²) in [5.74, 6) is 0. The number of rotatable bonds is 2. The van der Waals surface area contributed by atoms with Crippen LogP contribution in [-0.4, -0.2) is 21.4 Å². The van der Waals surface area contributed by atoms with E-state index in [1.165, 1.54) is 0 Å². The van der Waals surface area contributed by atoms with Gasteiger partial charge in [-0.15, -0.1) is 5.10 Å². The fourth-order valence-electron chi connectivity index (χ4n) is 1.07. The highest BCUT2D eigenvalue weighted by atomic mass is 16.1. The largest absolute Gasteiger partial charge is 0.276 e. The van der Waals surface area contributed by atoms with Crippen molar-refractivity contribution in [2.24, 2.45) is 0 Å². The maximum Gasteiger partial charge on any atom is 0.235 e. The van der Waals surface area contributed by atoms with Crippen LogP contribution in [0.15, 0.2) is 36.5 Å². The Morgan fingerprint density at radius 1 is 1.23 bits per heavy atom. The van der Waals surface area contributed by atoms with Crippen molar-refractivity contribution >= 4 is 6.41 Å². The highest BCUT2D eigenvalue weighted by molar-refractivity contribution is 5.60. The van der Waals surface area contributed by atoms with Crippen molar-refractivity contribution < 1.29 is 4.79 Å². The van der Waals surface area contributed by atoms with Crippen molar-refractivity contribution in [2.75, 3.05) is 0 Å². The van der Waals surface area contributed by atoms with Crippen LogP contribution in [0.1, 0.15) is 0 Å². The second-order valence-corrected chi connectivity index (χ2v) is 2.56. The summed E-state index contributed by atoms with van der Waals surface area (Å²) in [5, 5.41) is 7.45. The van der Waals surface area contributed by atoms with E-state index in [0.717, 1.165) is 10.2 Å². The topological polar surface area (TPSA) is 47.8 Å². The molecule has 0 saturated carbocycles. The SMILES string of the molecule is O=Cn1cc(-c2ccccc2)nn1. The van der Waals surface area contributed by atoms with Gasteiger partial charge in [-0.25, -0.2) is 0 Å². The molecule has 0 atom stereocenters. The fourth-order valence-corrected chi connectivity index (χ4v) is 1.07. The van der Waals surface area contributed by atoms with Crippen LogP contribution in [0.5, 0.6) is 0 Å². The van der Waals surface area contributed by atoms with E-state index >= 15 is 0 Å². The van der Waals surface area contributed by atoms with E-state index in [4.69, 9.17) is 0 Å². The zero-order chi connectivity index (χ0) is 9.10. The van der Waals surface area contributed by atoms with Gasteiger partial charge in [0.1, 0.15) is 5.69 Å². The molecule has 0 spiro atoms. The van der Waals surface area contributed by atoms with Crippen LogP contribution < -0.4 is 0 Å². The summed E-state index contributed by atoms with van der Waals surface area (Å²) in [6, 6.07) is 9.58. The van der Waals surface area contributed by atoms with E-state index in [1.54, 1.807) is 6.20 Å². The van der Waals surface area contributed by atoms with Crippen LogP contribution in [0.4, 0.5) is 0 Å². The highest BCUT2D eigenvalue weighted by Gasteiger charge is 2.00. The minimum atomic E-state index is 0.611. The van der Waals surface area contributed by atoms with Gasteiger partial charge in [0.15, 0.2) is 0 Å². The predicted octanol–water partition coefficient (Wildman–Crippen LogP) is 0.983. The lowest BCUT2D eigenvalue weighted by atomic mass is 10.2. The molecule has 0 amide bonds. The molecule has 0 saturated heterocycles. The molecule has 0 aliphatic heterocycles. The third-order valence-electron chi connectivity index (χ3n) is 1.69. The molecule has 0 radical (unpaired) electrons. The van der Waals surface area contributed by atoms with Crippen LogP contribution in [0, 0.1) is 0 Å². The number of nitrogens with zero attached hydrogens (tertiary/aromatic N) is 3. The molecule has 1 heterocycles. The van der Waals surface area contributed by atoms with Gasteiger partial charge in [-0.3, -0.25) is 4.79 Å². The minimum Gasteiger partial charge on any atom is -0.276 e. The van der Waals surface area contributed by atoms with Gasteiger partial charge in [0.25, 0.3) is 0 Å².